The summed E-state index contributed by atoms with van der Waals surface area (Å²) in [6.45, 7) is 2.65. The highest BCUT2D eigenvalue weighted by Crippen LogP contribution is 2.20. The van der Waals surface area contributed by atoms with Gasteiger partial charge in [0.1, 0.15) is 5.75 Å². The number of rotatable bonds is 3. The van der Waals surface area contributed by atoms with Crippen molar-refractivity contribution < 1.29 is 4.74 Å². The largest absolute Gasteiger partial charge is 0.496 e. The third-order valence-corrected chi connectivity index (χ3v) is 2.78. The van der Waals surface area contributed by atoms with E-state index in [1.807, 2.05) is 49.4 Å². The molecule has 0 unspecified atom stereocenters. The van der Waals surface area contributed by atoms with Gasteiger partial charge in [0.05, 0.1) is 13.7 Å². The zero-order valence-electron chi connectivity index (χ0n) is 11.2. The first-order chi connectivity index (χ1) is 9.29. The topological polar surface area (TPSA) is 21.3 Å². The van der Waals surface area contributed by atoms with Crippen LogP contribution in [0.25, 0.3) is 0 Å². The number of methoxy groups -OCH3 is 1. The number of aryl methyl sites for hydroxylation is 1. The van der Waals surface area contributed by atoms with E-state index >= 15 is 0 Å². The Hall–Kier alpha value is -2.40. The van der Waals surface area contributed by atoms with Gasteiger partial charge in [-0.25, -0.2) is 0 Å². The molecule has 2 aromatic carbocycles. The number of nitrogens with one attached hydrogen (secondary N) is 1. The molecule has 19 heavy (non-hydrogen) atoms. The maximum atomic E-state index is 5.23. The maximum absolute atomic E-state index is 5.23. The molecule has 0 saturated heterocycles. The van der Waals surface area contributed by atoms with E-state index in [1.165, 1.54) is 0 Å². The molecule has 96 valence electrons. The second-order valence-corrected chi connectivity index (χ2v) is 4.21. The normalized spacial score (nSPS) is 9.37. The van der Waals surface area contributed by atoms with Gasteiger partial charge in [-0.05, 0) is 42.8 Å². The van der Waals surface area contributed by atoms with Crippen molar-refractivity contribution in [3.8, 4) is 17.6 Å². The van der Waals surface area contributed by atoms with Gasteiger partial charge in [0, 0.05) is 11.3 Å². The number of hydrogen-bond donors (Lipinski definition) is 1. The lowest BCUT2D eigenvalue weighted by Gasteiger charge is -2.07. The van der Waals surface area contributed by atoms with Gasteiger partial charge >= 0.3 is 0 Å². The molecule has 0 bridgehead atoms. The van der Waals surface area contributed by atoms with Crippen molar-refractivity contribution in [2.45, 2.75) is 6.92 Å². The minimum atomic E-state index is 0.626. The molecule has 0 aliphatic heterocycles. The van der Waals surface area contributed by atoms with Crippen LogP contribution in [0.3, 0.4) is 0 Å². The molecule has 0 heterocycles. The van der Waals surface area contributed by atoms with E-state index in [1.54, 1.807) is 7.11 Å². The quantitative estimate of drug-likeness (QED) is 0.843. The predicted octanol–water partition coefficient (Wildman–Crippen LogP) is 3.47. The fraction of sp³-hybridized carbons (Fsp3) is 0.176. The fourth-order valence-corrected chi connectivity index (χ4v) is 1.80. The lowest BCUT2D eigenvalue weighted by atomic mass is 10.2. The Morgan fingerprint density at radius 1 is 1.11 bits per heavy atom. The van der Waals surface area contributed by atoms with E-state index in [2.05, 4.69) is 23.2 Å². The lowest BCUT2D eigenvalue weighted by Crippen LogP contribution is -1.99. The molecular formula is C17H17NO. The van der Waals surface area contributed by atoms with Gasteiger partial charge in [-0.3, -0.25) is 0 Å². The van der Waals surface area contributed by atoms with E-state index in [-0.39, 0.29) is 0 Å². The molecule has 2 rings (SSSR count). The van der Waals surface area contributed by atoms with Crippen molar-refractivity contribution in [2.24, 2.45) is 0 Å². The van der Waals surface area contributed by atoms with Gasteiger partial charge in [-0.2, -0.15) is 0 Å². The third-order valence-electron chi connectivity index (χ3n) is 2.78. The average molecular weight is 251 g/mol. The zero-order chi connectivity index (χ0) is 13.5. The molecule has 0 atom stereocenters. The minimum absolute atomic E-state index is 0.626. The summed E-state index contributed by atoms with van der Waals surface area (Å²) < 4.78 is 5.23. The van der Waals surface area contributed by atoms with Crippen molar-refractivity contribution >= 4 is 5.69 Å². The Kier molecular flexibility index (Phi) is 4.47. The summed E-state index contributed by atoms with van der Waals surface area (Å²) in [5.74, 6) is 7.12. The van der Waals surface area contributed by atoms with E-state index in [9.17, 15) is 0 Å². The molecule has 0 aliphatic rings. The molecule has 0 aliphatic carbocycles. The van der Waals surface area contributed by atoms with Crippen LogP contribution in [0.15, 0.2) is 48.5 Å². The first-order valence-corrected chi connectivity index (χ1v) is 6.22. The van der Waals surface area contributed by atoms with Crippen molar-refractivity contribution in [2.75, 3.05) is 19.0 Å². The zero-order valence-corrected chi connectivity index (χ0v) is 11.2. The molecule has 2 nitrogen and oxygen atoms in total. The highest BCUT2D eigenvalue weighted by Gasteiger charge is 1.98. The molecule has 0 aromatic heterocycles. The van der Waals surface area contributed by atoms with Gasteiger partial charge < -0.3 is 10.1 Å². The van der Waals surface area contributed by atoms with Crippen molar-refractivity contribution in [3.63, 3.8) is 0 Å². The summed E-state index contributed by atoms with van der Waals surface area (Å²) in [6, 6.07) is 16.0. The van der Waals surface area contributed by atoms with E-state index in [4.69, 9.17) is 4.74 Å². The Bertz CT molecular complexity index is 594. The third kappa shape index (κ3) is 3.79. The van der Waals surface area contributed by atoms with Crippen LogP contribution in [-0.2, 0) is 0 Å². The van der Waals surface area contributed by atoms with E-state index in [0.29, 0.717) is 6.54 Å². The SMILES string of the molecule is COc1ccc(NCC#Cc2ccccc2)cc1C. The van der Waals surface area contributed by atoms with Crippen LogP contribution in [0.5, 0.6) is 5.75 Å². The van der Waals surface area contributed by atoms with Crippen LogP contribution in [0, 0.1) is 18.8 Å². The smallest absolute Gasteiger partial charge is 0.121 e. The monoisotopic (exact) mass is 251 g/mol. The van der Waals surface area contributed by atoms with Crippen LogP contribution >= 0.6 is 0 Å². The predicted molar refractivity (Wildman–Crippen MR) is 79.5 cm³/mol. The lowest BCUT2D eigenvalue weighted by molar-refractivity contribution is 0.412. The molecular weight excluding hydrogens is 234 g/mol. The number of anilines is 1. The van der Waals surface area contributed by atoms with E-state index < -0.39 is 0 Å². The standard InChI is InChI=1S/C17H17NO/c1-14-13-16(10-11-17(14)19-2)18-12-6-9-15-7-4-3-5-8-15/h3-5,7-8,10-11,13,18H,12H2,1-2H3. The number of benzene rings is 2. The van der Waals surface area contributed by atoms with Crippen LogP contribution < -0.4 is 10.1 Å². The summed E-state index contributed by atoms with van der Waals surface area (Å²) in [6.07, 6.45) is 0. The van der Waals surface area contributed by atoms with Crippen molar-refractivity contribution in [3.05, 3.63) is 59.7 Å². The van der Waals surface area contributed by atoms with Gasteiger partial charge in [0.2, 0.25) is 0 Å². The fourth-order valence-electron chi connectivity index (χ4n) is 1.80. The average Bonchev–Trinajstić information content (AvgIpc) is 2.45. The highest BCUT2D eigenvalue weighted by molar-refractivity contribution is 5.51. The summed E-state index contributed by atoms with van der Waals surface area (Å²) in [5, 5.41) is 3.28. The van der Waals surface area contributed by atoms with Crippen molar-refractivity contribution in [1.29, 1.82) is 0 Å². The first kappa shape index (κ1) is 13.0. The maximum Gasteiger partial charge on any atom is 0.121 e. The van der Waals surface area contributed by atoms with Gasteiger partial charge in [0.25, 0.3) is 0 Å². The Labute approximate surface area is 114 Å². The van der Waals surface area contributed by atoms with Crippen LogP contribution in [0.1, 0.15) is 11.1 Å². The highest BCUT2D eigenvalue weighted by atomic mass is 16.5. The summed E-state index contributed by atoms with van der Waals surface area (Å²) >= 11 is 0. The molecule has 0 fully saturated rings. The van der Waals surface area contributed by atoms with Gasteiger partial charge in [-0.15, -0.1) is 0 Å². The van der Waals surface area contributed by atoms with Gasteiger partial charge in [0.15, 0.2) is 0 Å². The second-order valence-electron chi connectivity index (χ2n) is 4.21. The molecule has 0 spiro atoms. The number of ether oxygens (including phenoxy) is 1. The second kappa shape index (κ2) is 6.51. The summed E-state index contributed by atoms with van der Waals surface area (Å²) in [5.41, 5.74) is 3.21. The molecule has 0 radical (unpaired) electrons. The molecule has 0 saturated carbocycles. The van der Waals surface area contributed by atoms with Crippen LogP contribution in [0.4, 0.5) is 5.69 Å². The Morgan fingerprint density at radius 2 is 1.89 bits per heavy atom. The molecule has 2 heteroatoms. The molecule has 2 aromatic rings. The van der Waals surface area contributed by atoms with Crippen molar-refractivity contribution in [1.82, 2.24) is 0 Å². The summed E-state index contributed by atoms with van der Waals surface area (Å²) in [4.78, 5) is 0. The first-order valence-electron chi connectivity index (χ1n) is 6.22. The molecule has 1 N–H and O–H groups in total. The Balaban J connectivity index is 1.93. The summed E-state index contributed by atoms with van der Waals surface area (Å²) in [7, 11) is 1.68. The number of hydrogen-bond acceptors (Lipinski definition) is 2. The molecule has 0 amide bonds. The van der Waals surface area contributed by atoms with Crippen LogP contribution in [-0.4, -0.2) is 13.7 Å². The Morgan fingerprint density at radius 3 is 2.58 bits per heavy atom. The van der Waals surface area contributed by atoms with E-state index in [0.717, 1.165) is 22.6 Å². The minimum Gasteiger partial charge on any atom is -0.496 e. The van der Waals surface area contributed by atoms with Crippen LogP contribution in [0.2, 0.25) is 0 Å². The van der Waals surface area contributed by atoms with Gasteiger partial charge in [-0.1, -0.05) is 30.0 Å².